The normalized spacial score (nSPS) is 17.9. The van der Waals surface area contributed by atoms with Crippen LogP contribution in [0.15, 0.2) is 58.4 Å². The number of nitrogens with zero attached hydrogens (tertiary/aromatic N) is 4. The van der Waals surface area contributed by atoms with E-state index in [0.29, 0.717) is 52.9 Å². The van der Waals surface area contributed by atoms with Gasteiger partial charge in [0.2, 0.25) is 5.91 Å². The van der Waals surface area contributed by atoms with Gasteiger partial charge < -0.3 is 21.8 Å². The van der Waals surface area contributed by atoms with E-state index in [9.17, 15) is 9.59 Å². The number of amidine groups is 1. The Morgan fingerprint density at radius 1 is 1.21 bits per heavy atom. The number of nitrogens with one attached hydrogen (secondary N) is 2. The summed E-state index contributed by atoms with van der Waals surface area (Å²) in [4.78, 5) is 39.1. The number of aliphatic imine (C=N–C) groups is 1. The second-order valence-corrected chi connectivity index (χ2v) is 13.3. The van der Waals surface area contributed by atoms with E-state index in [0.717, 1.165) is 62.6 Å². The summed E-state index contributed by atoms with van der Waals surface area (Å²) in [5.74, 6) is 0.00758. The molecule has 48 heavy (non-hydrogen) atoms. The van der Waals surface area contributed by atoms with Crippen LogP contribution in [0.25, 0.3) is 28.0 Å². The predicted molar refractivity (Wildman–Crippen MR) is 191 cm³/mol. The van der Waals surface area contributed by atoms with Gasteiger partial charge in [-0.1, -0.05) is 23.7 Å². The van der Waals surface area contributed by atoms with E-state index in [4.69, 9.17) is 23.1 Å². The van der Waals surface area contributed by atoms with Crippen molar-refractivity contribution < 1.29 is 9.18 Å². The largest absolute Gasteiger partial charge is 0.388 e. The first-order chi connectivity index (χ1) is 23.0. The number of halogens is 2. The van der Waals surface area contributed by atoms with Gasteiger partial charge in [-0.3, -0.25) is 19.3 Å². The molecule has 5 rings (SSSR count). The molecule has 0 radical (unpaired) electrons. The van der Waals surface area contributed by atoms with Crippen LogP contribution in [0, 0.1) is 5.82 Å². The maximum absolute atomic E-state index is 15.2. The summed E-state index contributed by atoms with van der Waals surface area (Å²) in [6.45, 7) is 7.24. The lowest BCUT2D eigenvalue weighted by Gasteiger charge is -2.42. The van der Waals surface area contributed by atoms with E-state index < -0.39 is 11.5 Å². The number of hydrogen-bond donors (Lipinski definition) is 4. The molecule has 256 valence electrons. The van der Waals surface area contributed by atoms with E-state index in [1.807, 2.05) is 19.1 Å². The van der Waals surface area contributed by atoms with E-state index in [2.05, 4.69) is 37.3 Å². The molecule has 1 aliphatic rings. The van der Waals surface area contributed by atoms with Crippen LogP contribution in [0.4, 0.5) is 4.39 Å². The van der Waals surface area contributed by atoms with Crippen LogP contribution in [0.3, 0.4) is 0 Å². The van der Waals surface area contributed by atoms with E-state index in [1.165, 1.54) is 11.5 Å². The number of piperidine rings is 1. The first kappa shape index (κ1) is 35.3. The fraction of sp³-hybridized carbons (Fsp3) is 0.444. The molecule has 1 saturated heterocycles. The molecule has 3 unspecified atom stereocenters. The van der Waals surface area contributed by atoms with Crippen LogP contribution >= 0.6 is 11.6 Å². The Morgan fingerprint density at radius 2 is 1.98 bits per heavy atom. The number of aromatic nitrogens is 3. The van der Waals surface area contributed by atoms with Gasteiger partial charge in [0.1, 0.15) is 5.65 Å². The van der Waals surface area contributed by atoms with Crippen molar-refractivity contribution in [2.24, 2.45) is 16.5 Å². The number of likely N-dealkylation sites (tertiary alicyclic amines) is 1. The van der Waals surface area contributed by atoms with Gasteiger partial charge in [0.05, 0.1) is 22.2 Å². The third kappa shape index (κ3) is 8.69. The quantitative estimate of drug-likeness (QED) is 0.106. The first-order valence-corrected chi connectivity index (χ1v) is 17.1. The van der Waals surface area contributed by atoms with E-state index in [1.54, 1.807) is 31.3 Å². The minimum atomic E-state index is -0.525. The molecule has 0 bridgehead atoms. The topological polar surface area (TPSA) is 147 Å². The van der Waals surface area contributed by atoms with Crippen molar-refractivity contribution in [2.45, 2.75) is 83.8 Å². The third-order valence-electron chi connectivity index (χ3n) is 9.02. The van der Waals surface area contributed by atoms with E-state index >= 15 is 4.39 Å². The molecule has 0 spiro atoms. The van der Waals surface area contributed by atoms with Crippen LogP contribution in [0.5, 0.6) is 0 Å². The Kier molecular flexibility index (Phi) is 11.7. The molecule has 1 aliphatic heterocycles. The molecular formula is C36H46ClFN8O2. The fourth-order valence-electron chi connectivity index (χ4n) is 6.69. The molecule has 12 heteroatoms. The molecule has 3 atom stereocenters. The lowest BCUT2D eigenvalue weighted by atomic mass is 9.89. The monoisotopic (exact) mass is 676 g/mol. The molecule has 0 saturated carbocycles. The van der Waals surface area contributed by atoms with Gasteiger partial charge in [-0.15, -0.1) is 0 Å². The summed E-state index contributed by atoms with van der Waals surface area (Å²) in [6.07, 6.45) is 8.19. The molecule has 1 fully saturated rings. The summed E-state index contributed by atoms with van der Waals surface area (Å²) in [5.41, 5.74) is 15.2. The van der Waals surface area contributed by atoms with Gasteiger partial charge in [-0.2, -0.15) is 4.98 Å². The number of nitrogens with two attached hydrogens (primary N) is 2. The van der Waals surface area contributed by atoms with Gasteiger partial charge >= 0.3 is 5.69 Å². The maximum Gasteiger partial charge on any atom is 0.354 e. The van der Waals surface area contributed by atoms with Crippen molar-refractivity contribution in [3.63, 3.8) is 0 Å². The SMILES string of the molecule is CC(=O)NCCN1C(CCN=C(C)N)CCCC1c1ccc(-n2cc3cc(-c4cc(CCCC(C)N)cc(Cl)c4F)[nH]c3nc2=O)cc1. The number of benzene rings is 2. The summed E-state index contributed by atoms with van der Waals surface area (Å²) in [6, 6.07) is 13.8. The molecular weight excluding hydrogens is 631 g/mol. The molecule has 1 amide bonds. The molecule has 2 aromatic carbocycles. The zero-order chi connectivity index (χ0) is 34.4. The van der Waals surface area contributed by atoms with Crippen molar-refractivity contribution in [3.05, 3.63) is 81.1 Å². The van der Waals surface area contributed by atoms with Crippen molar-refractivity contribution in [1.82, 2.24) is 24.8 Å². The van der Waals surface area contributed by atoms with Crippen LogP contribution in [0.1, 0.15) is 76.5 Å². The number of rotatable bonds is 13. The van der Waals surface area contributed by atoms with E-state index in [-0.39, 0.29) is 23.0 Å². The second kappa shape index (κ2) is 15.9. The van der Waals surface area contributed by atoms with Crippen molar-refractivity contribution >= 4 is 34.4 Å². The number of carbonyl (C=O) groups excluding carboxylic acids is 1. The Hall–Kier alpha value is -4.06. The summed E-state index contributed by atoms with van der Waals surface area (Å²) < 4.78 is 16.7. The zero-order valence-corrected chi connectivity index (χ0v) is 28.7. The lowest BCUT2D eigenvalue weighted by molar-refractivity contribution is -0.119. The summed E-state index contributed by atoms with van der Waals surface area (Å²) in [5, 5.41) is 3.65. The standard InChI is InChI=1S/C36H46ClFN8O2/c1-22(39)6-4-7-25-18-30(34(38)31(37)19-25)32-20-27-21-46(36(48)44-35(27)43-32)29-12-10-26(11-13-29)33-9-5-8-28(14-15-41-23(2)40)45(33)17-16-42-24(3)47/h10-13,18-22,28,33H,4-9,14-17,39H2,1-3H3,(H2,40,41)(H,42,47)(H,43,44,48). The Bertz CT molecular complexity index is 1810. The number of hydrogen-bond acceptors (Lipinski definition) is 6. The van der Waals surface area contributed by atoms with Gasteiger partial charge in [0.15, 0.2) is 5.82 Å². The summed E-state index contributed by atoms with van der Waals surface area (Å²) in [7, 11) is 0. The highest BCUT2D eigenvalue weighted by Gasteiger charge is 2.31. The Balaban J connectivity index is 1.39. The summed E-state index contributed by atoms with van der Waals surface area (Å²) >= 11 is 6.28. The van der Waals surface area contributed by atoms with Crippen LogP contribution in [0.2, 0.25) is 5.02 Å². The number of carbonyl (C=O) groups is 1. The molecule has 4 aromatic rings. The van der Waals surface area contributed by atoms with Crippen molar-refractivity contribution in [1.29, 1.82) is 0 Å². The average molecular weight is 677 g/mol. The number of aromatic amines is 1. The molecule has 2 aromatic heterocycles. The highest BCUT2D eigenvalue weighted by Crippen LogP contribution is 2.36. The second-order valence-electron chi connectivity index (χ2n) is 12.9. The molecule has 6 N–H and O–H groups in total. The molecule has 3 heterocycles. The Labute approximate surface area is 285 Å². The minimum absolute atomic E-state index is 0.0474. The van der Waals surface area contributed by atoms with Gasteiger partial charge in [-0.25, -0.2) is 9.18 Å². The fourth-order valence-corrected chi connectivity index (χ4v) is 6.93. The highest BCUT2D eigenvalue weighted by molar-refractivity contribution is 6.31. The number of fused-ring (bicyclic) bond motifs is 1. The third-order valence-corrected chi connectivity index (χ3v) is 9.29. The number of aryl methyl sites for hydroxylation is 1. The average Bonchev–Trinajstić information content (AvgIpc) is 3.45. The van der Waals surface area contributed by atoms with Crippen molar-refractivity contribution in [2.75, 3.05) is 19.6 Å². The van der Waals surface area contributed by atoms with Gasteiger partial charge in [0.25, 0.3) is 0 Å². The van der Waals surface area contributed by atoms with Crippen molar-refractivity contribution in [3.8, 4) is 16.9 Å². The van der Waals surface area contributed by atoms with Crippen LogP contribution in [-0.2, 0) is 11.2 Å². The van der Waals surface area contributed by atoms with Crippen LogP contribution in [-0.4, -0.2) is 62.9 Å². The molecule has 10 nitrogen and oxygen atoms in total. The van der Waals surface area contributed by atoms with Gasteiger partial charge in [-0.05, 0) is 100 Å². The maximum atomic E-state index is 15.2. The predicted octanol–water partition coefficient (Wildman–Crippen LogP) is 5.64. The number of H-pyrrole nitrogens is 1. The molecule has 0 aliphatic carbocycles. The van der Waals surface area contributed by atoms with Gasteiger partial charge in [0, 0.05) is 61.8 Å². The Morgan fingerprint density at radius 3 is 2.69 bits per heavy atom. The van der Waals surface area contributed by atoms with Crippen LogP contribution < -0.4 is 22.5 Å². The first-order valence-electron chi connectivity index (χ1n) is 16.7. The lowest BCUT2D eigenvalue weighted by Crippen LogP contribution is -2.45. The highest BCUT2D eigenvalue weighted by atomic mass is 35.5. The number of amides is 1. The zero-order valence-electron chi connectivity index (χ0n) is 27.9. The minimum Gasteiger partial charge on any atom is -0.388 e. The smallest absolute Gasteiger partial charge is 0.354 e.